The summed E-state index contributed by atoms with van der Waals surface area (Å²) >= 11 is 11.5. The highest BCUT2D eigenvalue weighted by Gasteiger charge is 2.23. The van der Waals surface area contributed by atoms with E-state index in [-0.39, 0.29) is 11.0 Å². The van der Waals surface area contributed by atoms with Crippen LogP contribution in [0.5, 0.6) is 0 Å². The van der Waals surface area contributed by atoms with Gasteiger partial charge in [-0.3, -0.25) is 14.9 Å². The van der Waals surface area contributed by atoms with Crippen molar-refractivity contribution < 1.29 is 14.0 Å². The summed E-state index contributed by atoms with van der Waals surface area (Å²) in [5, 5.41) is 6.27. The van der Waals surface area contributed by atoms with E-state index in [0.717, 1.165) is 5.69 Å². The van der Waals surface area contributed by atoms with Crippen LogP contribution in [0.1, 0.15) is 30.6 Å². The van der Waals surface area contributed by atoms with E-state index in [0.29, 0.717) is 54.8 Å². The van der Waals surface area contributed by atoms with E-state index in [4.69, 9.17) is 23.8 Å². The first-order valence-corrected chi connectivity index (χ1v) is 11.2. The first-order valence-electron chi connectivity index (χ1n) is 10.4. The number of amides is 2. The molecule has 0 bridgehead atoms. The van der Waals surface area contributed by atoms with Crippen LogP contribution in [-0.4, -0.2) is 48.0 Å². The Morgan fingerprint density at radius 2 is 1.75 bits per heavy atom. The fraction of sp³-hybridized carbons (Fsp3) is 0.348. The Bertz CT molecular complexity index is 992. The monoisotopic (exact) mass is 476 g/mol. The molecule has 1 aliphatic heterocycles. The number of piperazine rings is 1. The van der Waals surface area contributed by atoms with Crippen LogP contribution in [0.2, 0.25) is 5.02 Å². The van der Waals surface area contributed by atoms with Crippen LogP contribution in [0.15, 0.2) is 42.5 Å². The summed E-state index contributed by atoms with van der Waals surface area (Å²) in [6, 6.07) is 10.6. The molecule has 32 heavy (non-hydrogen) atoms. The molecule has 0 unspecified atom stereocenters. The molecule has 2 aromatic rings. The molecule has 0 atom stereocenters. The van der Waals surface area contributed by atoms with Gasteiger partial charge in [-0.15, -0.1) is 0 Å². The Kier molecular flexibility index (Phi) is 8.04. The van der Waals surface area contributed by atoms with Gasteiger partial charge in [-0.2, -0.15) is 0 Å². The zero-order chi connectivity index (χ0) is 23.3. The largest absolute Gasteiger partial charge is 0.366 e. The van der Waals surface area contributed by atoms with E-state index in [9.17, 15) is 14.0 Å². The number of halogens is 2. The van der Waals surface area contributed by atoms with Gasteiger partial charge >= 0.3 is 0 Å². The maximum Gasteiger partial charge on any atom is 0.257 e. The lowest BCUT2D eigenvalue weighted by Gasteiger charge is -2.37. The van der Waals surface area contributed by atoms with Gasteiger partial charge in [0.1, 0.15) is 5.82 Å². The number of hydrogen-bond acceptors (Lipinski definition) is 4. The summed E-state index contributed by atoms with van der Waals surface area (Å²) in [5.41, 5.74) is 1.83. The van der Waals surface area contributed by atoms with Gasteiger partial charge in [0.15, 0.2) is 5.11 Å². The molecule has 1 saturated heterocycles. The van der Waals surface area contributed by atoms with Crippen molar-refractivity contribution in [3.05, 3.63) is 58.9 Å². The van der Waals surface area contributed by atoms with Gasteiger partial charge in [-0.25, -0.2) is 4.39 Å². The van der Waals surface area contributed by atoms with Gasteiger partial charge < -0.3 is 15.1 Å². The average molecular weight is 477 g/mol. The molecule has 2 aromatic carbocycles. The molecule has 9 heteroatoms. The Balaban J connectivity index is 1.65. The van der Waals surface area contributed by atoms with Crippen LogP contribution in [-0.2, 0) is 4.79 Å². The third-order valence-corrected chi connectivity index (χ3v) is 5.54. The first-order chi connectivity index (χ1) is 15.2. The molecule has 1 fully saturated rings. The van der Waals surface area contributed by atoms with E-state index < -0.39 is 11.7 Å². The van der Waals surface area contributed by atoms with Crippen LogP contribution in [0, 0.1) is 11.7 Å². The number of carbonyl (C=O) groups is 2. The molecular formula is C23H26ClFN4O2S. The number of thiocarbonyl (C=S) groups is 1. The van der Waals surface area contributed by atoms with Crippen LogP contribution in [0.25, 0.3) is 0 Å². The summed E-state index contributed by atoms with van der Waals surface area (Å²) in [6.07, 6.45) is 0.551. The summed E-state index contributed by atoms with van der Waals surface area (Å²) < 4.78 is 13.1. The van der Waals surface area contributed by atoms with Gasteiger partial charge in [-0.05, 0) is 60.6 Å². The fourth-order valence-corrected chi connectivity index (χ4v) is 3.86. The van der Waals surface area contributed by atoms with Crippen LogP contribution in [0.3, 0.4) is 0 Å². The smallest absolute Gasteiger partial charge is 0.257 e. The second-order valence-electron chi connectivity index (χ2n) is 8.04. The minimum atomic E-state index is -0.441. The number of anilines is 2. The fourth-order valence-electron chi connectivity index (χ4n) is 3.49. The van der Waals surface area contributed by atoms with Crippen molar-refractivity contribution in [2.45, 2.75) is 20.3 Å². The number of nitrogens with one attached hydrogen (secondary N) is 2. The minimum Gasteiger partial charge on any atom is -0.366 e. The van der Waals surface area contributed by atoms with Crippen LogP contribution >= 0.6 is 23.8 Å². The Morgan fingerprint density at radius 3 is 2.38 bits per heavy atom. The van der Waals surface area contributed by atoms with E-state index in [1.165, 1.54) is 24.3 Å². The molecule has 170 valence electrons. The number of benzene rings is 2. The third kappa shape index (κ3) is 6.40. The lowest BCUT2D eigenvalue weighted by atomic mass is 10.1. The van der Waals surface area contributed by atoms with Gasteiger partial charge in [0.2, 0.25) is 5.91 Å². The van der Waals surface area contributed by atoms with Gasteiger partial charge in [0.05, 0.1) is 11.4 Å². The van der Waals surface area contributed by atoms with Gasteiger partial charge in [-0.1, -0.05) is 25.4 Å². The van der Waals surface area contributed by atoms with Crippen LogP contribution < -0.4 is 15.5 Å². The zero-order valence-corrected chi connectivity index (χ0v) is 19.6. The average Bonchev–Trinajstić information content (AvgIpc) is 2.74. The number of nitrogens with zero attached hydrogens (tertiary/aromatic N) is 2. The van der Waals surface area contributed by atoms with E-state index in [1.54, 1.807) is 12.1 Å². The molecule has 3 rings (SSSR count). The second-order valence-corrected chi connectivity index (χ2v) is 8.89. The van der Waals surface area contributed by atoms with Crippen molar-refractivity contribution in [2.75, 3.05) is 36.4 Å². The van der Waals surface area contributed by atoms with E-state index in [1.807, 2.05) is 24.8 Å². The zero-order valence-electron chi connectivity index (χ0n) is 18.0. The summed E-state index contributed by atoms with van der Waals surface area (Å²) in [4.78, 5) is 28.7. The minimum absolute atomic E-state index is 0.105. The van der Waals surface area contributed by atoms with Crippen molar-refractivity contribution >= 4 is 52.1 Å². The standard InChI is InChI=1S/C23H26ClFN4O2S/c1-15(2)13-21(30)29-11-9-28(10-12-29)20-8-5-17(24)14-19(20)26-23(32)27-22(31)16-3-6-18(25)7-4-16/h3-8,14-15H,9-13H2,1-2H3,(H2,26,27,31,32). The first kappa shape index (κ1) is 23.9. The molecule has 2 amide bonds. The number of hydrogen-bond donors (Lipinski definition) is 2. The SMILES string of the molecule is CC(C)CC(=O)N1CCN(c2ccc(Cl)cc2NC(=S)NC(=O)c2ccc(F)cc2)CC1. The molecule has 0 radical (unpaired) electrons. The maximum atomic E-state index is 13.1. The summed E-state index contributed by atoms with van der Waals surface area (Å²) in [6.45, 7) is 6.71. The molecule has 0 spiro atoms. The van der Waals surface area contributed by atoms with Gasteiger partial charge in [0.25, 0.3) is 5.91 Å². The quantitative estimate of drug-likeness (QED) is 0.630. The van der Waals surface area contributed by atoms with Crippen molar-refractivity contribution in [2.24, 2.45) is 5.92 Å². The highest BCUT2D eigenvalue weighted by molar-refractivity contribution is 7.80. The second kappa shape index (κ2) is 10.7. The van der Waals surface area contributed by atoms with Crippen molar-refractivity contribution in [1.29, 1.82) is 0 Å². The predicted octanol–water partition coefficient (Wildman–Crippen LogP) is 4.30. The Morgan fingerprint density at radius 1 is 1.09 bits per heavy atom. The molecule has 1 heterocycles. The third-order valence-electron chi connectivity index (χ3n) is 5.10. The maximum absolute atomic E-state index is 13.1. The highest BCUT2D eigenvalue weighted by atomic mass is 35.5. The van der Waals surface area contributed by atoms with Gasteiger partial charge in [0, 0.05) is 43.2 Å². The molecule has 0 aromatic heterocycles. The molecule has 2 N–H and O–H groups in total. The highest BCUT2D eigenvalue weighted by Crippen LogP contribution is 2.30. The Labute approximate surface area is 197 Å². The van der Waals surface area contributed by atoms with E-state index in [2.05, 4.69) is 15.5 Å². The lowest BCUT2D eigenvalue weighted by molar-refractivity contribution is -0.132. The van der Waals surface area contributed by atoms with Crippen LogP contribution in [0.4, 0.5) is 15.8 Å². The molecule has 0 aliphatic carbocycles. The molecule has 0 saturated carbocycles. The topological polar surface area (TPSA) is 64.7 Å². The normalized spacial score (nSPS) is 13.8. The number of carbonyl (C=O) groups excluding carboxylic acids is 2. The molecular weight excluding hydrogens is 451 g/mol. The Hall–Kier alpha value is -2.71. The summed E-state index contributed by atoms with van der Waals surface area (Å²) in [7, 11) is 0. The number of rotatable bonds is 5. The predicted molar refractivity (Wildman–Crippen MR) is 130 cm³/mol. The van der Waals surface area contributed by atoms with Crippen molar-refractivity contribution in [3.8, 4) is 0 Å². The van der Waals surface area contributed by atoms with E-state index >= 15 is 0 Å². The summed E-state index contributed by atoms with van der Waals surface area (Å²) in [5.74, 6) is -0.349. The van der Waals surface area contributed by atoms with Crippen molar-refractivity contribution in [3.63, 3.8) is 0 Å². The molecule has 1 aliphatic rings. The molecule has 6 nitrogen and oxygen atoms in total. The van der Waals surface area contributed by atoms with Crippen molar-refractivity contribution in [1.82, 2.24) is 10.2 Å². The lowest BCUT2D eigenvalue weighted by Crippen LogP contribution is -2.49.